The van der Waals surface area contributed by atoms with E-state index in [2.05, 4.69) is -0.255 Å². The summed E-state index contributed by atoms with van der Waals surface area (Å²) < 4.78 is 49.1. The Morgan fingerprint density at radius 2 is 1.75 bits per heavy atom. The molecule has 0 aromatic carbocycles. The summed E-state index contributed by atoms with van der Waals surface area (Å²) in [7, 11) is 0. The molecule has 1 N–H and O–H groups in total. The quantitative estimate of drug-likeness (QED) is 0.451. The Labute approximate surface area is 62.3 Å². The van der Waals surface area contributed by atoms with Gasteiger partial charge in [0.15, 0.2) is 0 Å². The van der Waals surface area contributed by atoms with E-state index in [1.807, 2.05) is 0 Å². The van der Waals surface area contributed by atoms with E-state index in [4.69, 9.17) is 2.61 Å². The van der Waals surface area contributed by atoms with E-state index in [0.717, 1.165) is 0 Å². The van der Waals surface area contributed by atoms with Crippen LogP contribution in [0.15, 0.2) is 0 Å². The third-order valence-electron chi connectivity index (χ3n) is 0.212. The second kappa shape index (κ2) is 3.41. The first-order chi connectivity index (χ1) is 3.42. The molecule has 0 fully saturated rings. The van der Waals surface area contributed by atoms with Crippen molar-refractivity contribution >= 4 is 0 Å². The zero-order valence-corrected chi connectivity index (χ0v) is 11.8. The van der Waals surface area contributed by atoms with Crippen molar-refractivity contribution in [2.24, 2.45) is 0 Å². The van der Waals surface area contributed by atoms with Gasteiger partial charge in [-0.05, 0) is 0 Å². The minimum absolute atomic E-state index is 3.22. The van der Waals surface area contributed by atoms with Crippen LogP contribution in [0.5, 0.6) is 0 Å². The summed E-state index contributed by atoms with van der Waals surface area (Å²) in [5, 5.41) is 0. The van der Waals surface area contributed by atoms with Gasteiger partial charge in [0.1, 0.15) is 0 Å². The maximum atomic E-state index is 9.58. The molecule has 0 aliphatic heterocycles. The first-order valence-corrected chi connectivity index (χ1v) is 13.5. The molecule has 0 heterocycles. The van der Waals surface area contributed by atoms with Crippen molar-refractivity contribution in [2.45, 2.75) is 0 Å². The van der Waals surface area contributed by atoms with Gasteiger partial charge in [-0.2, -0.15) is 0 Å². The van der Waals surface area contributed by atoms with Gasteiger partial charge in [0, 0.05) is 0 Å². The van der Waals surface area contributed by atoms with E-state index >= 15 is 0 Å². The van der Waals surface area contributed by atoms with Crippen LogP contribution in [0.1, 0.15) is 0 Å². The fourth-order valence-corrected chi connectivity index (χ4v) is 9.16. The molecular weight excluding hydrogens is 572 g/mol. The Hall–Kier alpha value is 1.22. The van der Waals surface area contributed by atoms with E-state index in [1.165, 1.54) is 0 Å². The van der Waals surface area contributed by atoms with Crippen LogP contribution in [0.3, 0.4) is 0 Å². The fourth-order valence-electron chi connectivity index (χ4n) is 0.105. The molecule has 0 saturated carbocycles. The summed E-state index contributed by atoms with van der Waals surface area (Å²) in [6.45, 7) is 0. The fraction of sp³-hybridized carbons (Fsp3) is 0. The molecular formula is HO6U2. The molecule has 8 heteroatoms. The van der Waals surface area contributed by atoms with Crippen LogP contribution in [-0.4, -0.2) is 2.61 Å². The Bertz CT molecular complexity index is 207. The van der Waals surface area contributed by atoms with Crippen molar-refractivity contribution in [1.29, 1.82) is 0 Å². The van der Waals surface area contributed by atoms with E-state index < -0.39 is 52.0 Å². The second-order valence-electron chi connectivity index (χ2n) is 0.876. The minimum atomic E-state index is -6.06. The van der Waals surface area contributed by atoms with Gasteiger partial charge in [-0.15, -0.1) is 0 Å². The number of hydrogen-bond acceptors (Lipinski definition) is 5. The van der Waals surface area contributed by atoms with Gasteiger partial charge in [-0.1, -0.05) is 0 Å². The van der Waals surface area contributed by atoms with Gasteiger partial charge in [0.05, 0.1) is 0 Å². The maximum absolute atomic E-state index is 9.58. The van der Waals surface area contributed by atoms with Gasteiger partial charge >= 0.3 is 63.3 Å². The van der Waals surface area contributed by atoms with Gasteiger partial charge in [0.25, 0.3) is 0 Å². The van der Waals surface area contributed by atoms with Crippen LogP contribution in [-0.2, 0) is 8.69 Å². The normalized spacial score (nSPS) is 11.1. The van der Waals surface area contributed by atoms with Gasteiger partial charge in [-0.25, -0.2) is 0 Å². The average molecular weight is 573 g/mol. The molecule has 0 radical (unpaired) electrons. The molecule has 6 nitrogen and oxygen atoms in total. The topological polar surface area (TPSA) is 97.7 Å². The SMILES string of the molecule is [O]=[U](=[O])[O][U](=[O])(=[O])[OH]. The molecule has 0 aromatic heterocycles. The van der Waals surface area contributed by atoms with Crippen LogP contribution >= 0.6 is 0 Å². The average Bonchev–Trinajstić information content (AvgIpc) is 1.21. The molecule has 0 aliphatic carbocycles. The van der Waals surface area contributed by atoms with Crippen LogP contribution < -0.4 is 0 Å². The third kappa shape index (κ3) is 7.22. The van der Waals surface area contributed by atoms with Crippen molar-refractivity contribution < 1.29 is 63.3 Å². The molecule has 8 heavy (non-hydrogen) atoms. The molecule has 0 aliphatic rings. The van der Waals surface area contributed by atoms with E-state index in [1.54, 1.807) is 0 Å². The molecule has 0 atom stereocenters. The van der Waals surface area contributed by atoms with Gasteiger partial charge < -0.3 is 0 Å². The molecule has 45 valence electrons. The molecule has 0 rings (SSSR count). The summed E-state index contributed by atoms with van der Waals surface area (Å²) in [4.78, 5) is 0. The first kappa shape index (κ1) is 9.22. The summed E-state index contributed by atoms with van der Waals surface area (Å²) >= 11 is -10.8. The molecule has 0 aromatic rings. The van der Waals surface area contributed by atoms with Crippen molar-refractivity contribution in [2.75, 3.05) is 0 Å². The van der Waals surface area contributed by atoms with Crippen LogP contribution in [0.25, 0.3) is 0 Å². The zero-order chi connectivity index (χ0) is 6.78. The zero-order valence-electron chi connectivity index (χ0n) is 3.49. The second-order valence-corrected chi connectivity index (χ2v) is 16.1. The van der Waals surface area contributed by atoms with E-state index in [0.29, 0.717) is 0 Å². The summed E-state index contributed by atoms with van der Waals surface area (Å²) in [5.74, 6) is 0. The Morgan fingerprint density at radius 1 is 1.38 bits per heavy atom. The van der Waals surface area contributed by atoms with Crippen molar-refractivity contribution in [3.8, 4) is 0 Å². The summed E-state index contributed by atoms with van der Waals surface area (Å²) in [5.41, 5.74) is 0. The summed E-state index contributed by atoms with van der Waals surface area (Å²) in [6, 6.07) is 0. The predicted octanol–water partition coefficient (Wildman–Crippen LogP) is -1.10. The van der Waals surface area contributed by atoms with E-state index in [9.17, 15) is 8.94 Å². The van der Waals surface area contributed by atoms with Crippen molar-refractivity contribution in [1.82, 2.24) is 0 Å². The first-order valence-electron chi connectivity index (χ1n) is 1.45. The van der Waals surface area contributed by atoms with Gasteiger partial charge in [0.2, 0.25) is 0 Å². The monoisotopic (exact) mass is 573 g/mol. The summed E-state index contributed by atoms with van der Waals surface area (Å²) in [6.07, 6.45) is 0. The molecule has 0 saturated heterocycles. The predicted molar refractivity (Wildman–Crippen MR) is 6.05 cm³/mol. The molecule has 0 spiro atoms. The van der Waals surface area contributed by atoms with E-state index in [-0.39, 0.29) is 0 Å². The third-order valence-corrected chi connectivity index (χ3v) is 18.5. The standard InChI is InChI=1S/H2O.5O.2U/h1H2;;;;;;;/q;;;;;;;+1/p-1. The number of rotatable bonds is 2. The molecule has 0 amide bonds. The Balaban J connectivity index is 4.16. The van der Waals surface area contributed by atoms with Crippen LogP contribution in [0.4, 0.5) is 0 Å². The van der Waals surface area contributed by atoms with Crippen LogP contribution in [0.2, 0.25) is 0 Å². The van der Waals surface area contributed by atoms with Crippen molar-refractivity contribution in [3.63, 3.8) is 0 Å². The molecule has 0 bridgehead atoms. The number of hydrogen-bond donors (Lipinski definition) is 1. The Kier molecular flexibility index (Phi) is 3.93. The van der Waals surface area contributed by atoms with Crippen molar-refractivity contribution in [3.05, 3.63) is 0 Å². The molecule has 0 unspecified atom stereocenters. The van der Waals surface area contributed by atoms with Crippen LogP contribution in [0, 0.1) is 52.0 Å². The Morgan fingerprint density at radius 3 is 1.75 bits per heavy atom. The van der Waals surface area contributed by atoms with Gasteiger partial charge in [-0.3, -0.25) is 0 Å².